The van der Waals surface area contributed by atoms with Crippen LogP contribution in [0.4, 0.5) is 13.2 Å². The molecule has 184 valence electrons. The molecule has 0 unspecified atom stereocenters. The average Bonchev–Trinajstić information content (AvgIpc) is 3.54. The third-order valence-electron chi connectivity index (χ3n) is 6.00. The number of halogens is 3. The fraction of sp³-hybridized carbons (Fsp3) is 0.375. The number of alkyl halides is 3. The number of rotatable bonds is 6. The summed E-state index contributed by atoms with van der Waals surface area (Å²) >= 11 is 1.49. The van der Waals surface area contributed by atoms with Crippen molar-refractivity contribution >= 4 is 11.3 Å². The van der Waals surface area contributed by atoms with Gasteiger partial charge < -0.3 is 4.52 Å². The summed E-state index contributed by atoms with van der Waals surface area (Å²) in [6.07, 6.45) is -3.40. The predicted molar refractivity (Wildman–Crippen MR) is 126 cm³/mol. The SMILES string of the molecule is Cn1nc(-c2ccc(CN3CCCN(Cc4noc(-c5ccccc5)n4)CC3)s2)cc1C(F)(F)F. The van der Waals surface area contributed by atoms with Crippen LogP contribution in [0, 0.1) is 0 Å². The molecule has 3 aromatic heterocycles. The molecule has 11 heteroatoms. The van der Waals surface area contributed by atoms with Crippen LogP contribution in [0.3, 0.4) is 0 Å². The van der Waals surface area contributed by atoms with E-state index in [0.717, 1.165) is 65.2 Å². The lowest BCUT2D eigenvalue weighted by Gasteiger charge is -2.20. The van der Waals surface area contributed by atoms with E-state index in [4.69, 9.17) is 4.52 Å². The predicted octanol–water partition coefficient (Wildman–Crippen LogP) is 4.93. The van der Waals surface area contributed by atoms with Crippen molar-refractivity contribution in [2.24, 2.45) is 7.05 Å². The summed E-state index contributed by atoms with van der Waals surface area (Å²) in [5, 5.41) is 8.20. The fourth-order valence-corrected chi connectivity index (χ4v) is 5.24. The zero-order valence-electron chi connectivity index (χ0n) is 19.2. The van der Waals surface area contributed by atoms with Gasteiger partial charge in [0.05, 0.1) is 11.4 Å². The molecule has 0 spiro atoms. The first-order valence-electron chi connectivity index (χ1n) is 11.4. The summed E-state index contributed by atoms with van der Waals surface area (Å²) in [6.45, 7) is 5.05. The second-order valence-corrected chi connectivity index (χ2v) is 9.76. The van der Waals surface area contributed by atoms with Crippen molar-refractivity contribution in [2.45, 2.75) is 25.7 Å². The molecule has 4 aromatic rings. The maximum absolute atomic E-state index is 13.1. The first-order chi connectivity index (χ1) is 16.8. The van der Waals surface area contributed by atoms with Crippen molar-refractivity contribution in [1.29, 1.82) is 0 Å². The van der Waals surface area contributed by atoms with Crippen molar-refractivity contribution in [3.8, 4) is 22.0 Å². The van der Waals surface area contributed by atoms with Crippen LogP contribution in [0.5, 0.6) is 0 Å². The van der Waals surface area contributed by atoms with E-state index in [1.54, 1.807) is 0 Å². The van der Waals surface area contributed by atoms with Crippen LogP contribution in [0.1, 0.15) is 22.8 Å². The van der Waals surface area contributed by atoms with Crippen LogP contribution in [0.25, 0.3) is 22.0 Å². The van der Waals surface area contributed by atoms with Gasteiger partial charge in [0.1, 0.15) is 11.4 Å². The van der Waals surface area contributed by atoms with Crippen LogP contribution in [0.2, 0.25) is 0 Å². The molecule has 0 radical (unpaired) electrons. The smallest absolute Gasteiger partial charge is 0.334 e. The first-order valence-corrected chi connectivity index (χ1v) is 12.2. The molecule has 1 aromatic carbocycles. The third-order valence-corrected chi connectivity index (χ3v) is 7.09. The van der Waals surface area contributed by atoms with Gasteiger partial charge in [-0.15, -0.1) is 11.3 Å². The molecular formula is C24H25F3N6OS. The largest absolute Gasteiger partial charge is 0.433 e. The normalized spacial score (nSPS) is 16.0. The van der Waals surface area contributed by atoms with E-state index in [1.165, 1.54) is 18.4 Å². The van der Waals surface area contributed by atoms with Gasteiger partial charge in [0.25, 0.3) is 5.89 Å². The molecule has 0 aliphatic carbocycles. The molecule has 0 saturated carbocycles. The quantitative estimate of drug-likeness (QED) is 0.373. The topological polar surface area (TPSA) is 63.2 Å². The number of aromatic nitrogens is 4. The Morgan fingerprint density at radius 2 is 1.71 bits per heavy atom. The zero-order valence-corrected chi connectivity index (χ0v) is 20.0. The number of nitrogens with zero attached hydrogens (tertiary/aromatic N) is 6. The van der Waals surface area contributed by atoms with Crippen LogP contribution in [-0.4, -0.2) is 55.9 Å². The fourth-order valence-electron chi connectivity index (χ4n) is 4.23. The average molecular weight is 503 g/mol. The lowest BCUT2D eigenvalue weighted by atomic mass is 10.2. The van der Waals surface area contributed by atoms with Crippen LogP contribution < -0.4 is 0 Å². The van der Waals surface area contributed by atoms with Crippen molar-refractivity contribution in [1.82, 2.24) is 29.7 Å². The van der Waals surface area contributed by atoms with E-state index in [1.807, 2.05) is 42.5 Å². The van der Waals surface area contributed by atoms with E-state index < -0.39 is 11.9 Å². The Hall–Kier alpha value is -3.02. The van der Waals surface area contributed by atoms with Gasteiger partial charge >= 0.3 is 6.18 Å². The van der Waals surface area contributed by atoms with Gasteiger partial charge in [-0.1, -0.05) is 23.4 Å². The summed E-state index contributed by atoms with van der Waals surface area (Å²) in [5.41, 5.74) is 0.518. The molecule has 1 aliphatic heterocycles. The van der Waals surface area contributed by atoms with Gasteiger partial charge in [-0.2, -0.15) is 23.3 Å². The van der Waals surface area contributed by atoms with E-state index in [0.29, 0.717) is 24.0 Å². The Morgan fingerprint density at radius 1 is 0.971 bits per heavy atom. The highest BCUT2D eigenvalue weighted by Gasteiger charge is 2.35. The van der Waals surface area contributed by atoms with Crippen molar-refractivity contribution in [3.63, 3.8) is 0 Å². The lowest BCUT2D eigenvalue weighted by Crippen LogP contribution is -2.30. The van der Waals surface area contributed by atoms with Crippen LogP contribution in [0.15, 0.2) is 53.1 Å². The Morgan fingerprint density at radius 3 is 2.43 bits per heavy atom. The molecule has 1 aliphatic rings. The number of thiophene rings is 1. The Kier molecular flexibility index (Phi) is 6.72. The highest BCUT2D eigenvalue weighted by molar-refractivity contribution is 7.15. The van der Waals surface area contributed by atoms with Crippen molar-refractivity contribution in [2.75, 3.05) is 26.2 Å². The Bertz CT molecular complexity index is 1270. The van der Waals surface area contributed by atoms with E-state index in [9.17, 15) is 13.2 Å². The summed E-state index contributed by atoms with van der Waals surface area (Å²) in [5.74, 6) is 1.20. The highest BCUT2D eigenvalue weighted by atomic mass is 32.1. The molecular weight excluding hydrogens is 477 g/mol. The van der Waals surface area contributed by atoms with Crippen LogP contribution >= 0.6 is 11.3 Å². The van der Waals surface area contributed by atoms with Crippen LogP contribution in [-0.2, 0) is 26.3 Å². The number of aryl methyl sites for hydroxylation is 1. The van der Waals surface area contributed by atoms with E-state index in [-0.39, 0.29) is 0 Å². The molecule has 1 fully saturated rings. The third kappa shape index (κ3) is 5.63. The number of hydrogen-bond acceptors (Lipinski definition) is 7. The minimum Gasteiger partial charge on any atom is -0.334 e. The Labute approximate surface area is 204 Å². The minimum absolute atomic E-state index is 0.355. The van der Waals surface area contributed by atoms with Gasteiger partial charge in [-0.3, -0.25) is 14.5 Å². The van der Waals surface area contributed by atoms with Crippen molar-refractivity contribution < 1.29 is 17.7 Å². The second kappa shape index (κ2) is 9.92. The molecule has 0 N–H and O–H groups in total. The second-order valence-electron chi connectivity index (χ2n) is 8.59. The standard InChI is InChI=1S/C24H25F3N6OS/c1-31-21(24(25,26)27)14-19(29-31)20-9-8-18(35-20)15-32-10-5-11-33(13-12-32)16-22-28-23(34-30-22)17-6-3-2-4-7-17/h2-4,6-9,14H,5,10-13,15-16H2,1H3. The molecule has 35 heavy (non-hydrogen) atoms. The lowest BCUT2D eigenvalue weighted by molar-refractivity contribution is -0.143. The first kappa shape index (κ1) is 23.7. The molecule has 0 amide bonds. The molecule has 4 heterocycles. The summed E-state index contributed by atoms with van der Waals surface area (Å²) in [4.78, 5) is 11.1. The zero-order chi connectivity index (χ0) is 24.4. The van der Waals surface area contributed by atoms with E-state index in [2.05, 4.69) is 25.0 Å². The van der Waals surface area contributed by atoms with E-state index >= 15 is 0 Å². The van der Waals surface area contributed by atoms with Gasteiger partial charge in [0, 0.05) is 37.1 Å². The highest BCUT2D eigenvalue weighted by Crippen LogP contribution is 2.34. The molecule has 0 atom stereocenters. The van der Waals surface area contributed by atoms with Gasteiger partial charge in [-0.25, -0.2) is 0 Å². The number of benzene rings is 1. The Balaban J connectivity index is 1.17. The monoisotopic (exact) mass is 502 g/mol. The summed E-state index contributed by atoms with van der Waals surface area (Å²) in [7, 11) is 1.32. The molecule has 0 bridgehead atoms. The maximum atomic E-state index is 13.1. The minimum atomic E-state index is -4.41. The number of hydrogen-bond donors (Lipinski definition) is 0. The van der Waals surface area contributed by atoms with Gasteiger partial charge in [0.15, 0.2) is 5.82 Å². The van der Waals surface area contributed by atoms with Crippen molar-refractivity contribution in [3.05, 3.63) is 64.9 Å². The molecule has 7 nitrogen and oxygen atoms in total. The summed E-state index contributed by atoms with van der Waals surface area (Å²) < 4.78 is 45.6. The maximum Gasteiger partial charge on any atom is 0.433 e. The van der Waals surface area contributed by atoms with Gasteiger partial charge in [-0.05, 0) is 49.8 Å². The summed E-state index contributed by atoms with van der Waals surface area (Å²) in [6, 6.07) is 14.7. The molecule has 5 rings (SSSR count). The van der Waals surface area contributed by atoms with Gasteiger partial charge in [0.2, 0.25) is 0 Å². The molecule has 1 saturated heterocycles.